The average molecular weight is 286 g/mol. The van der Waals surface area contributed by atoms with Crippen LogP contribution in [-0.4, -0.2) is 17.0 Å². The Kier molecular flexibility index (Phi) is 2.83. The minimum absolute atomic E-state index is 0.0890. The summed E-state index contributed by atoms with van der Waals surface area (Å²) < 4.78 is 0. The van der Waals surface area contributed by atoms with Gasteiger partial charge in [-0.05, 0) is 73.8 Å². The van der Waals surface area contributed by atoms with Crippen molar-refractivity contribution in [2.24, 2.45) is 28.6 Å². The van der Waals surface area contributed by atoms with Crippen molar-refractivity contribution in [3.05, 3.63) is 23.8 Å². The molecule has 4 aliphatic carbocycles. The van der Waals surface area contributed by atoms with Crippen LogP contribution < -0.4 is 0 Å². The van der Waals surface area contributed by atoms with Crippen LogP contribution >= 0.6 is 0 Å². The molecule has 3 fully saturated rings. The molecule has 0 aromatic rings. The maximum atomic E-state index is 11.7. The van der Waals surface area contributed by atoms with E-state index in [-0.39, 0.29) is 22.7 Å². The van der Waals surface area contributed by atoms with E-state index in [1.807, 2.05) is 6.08 Å². The number of rotatable bonds is 0. The fraction of sp³-hybridized carbons (Fsp3) is 0.737. The standard InChI is InChI=1S/C19H26O2/c1-18-9-7-13(20)11-12(18)3-4-14-15-5-6-17(21)19(15,2)10-8-16(14)18/h7,9,11,14-17,21H,3-6,8,10H2,1-2H3/t14-,15-,16-,17?,18-,19-/m0/s1. The summed E-state index contributed by atoms with van der Waals surface area (Å²) >= 11 is 0. The first kappa shape index (κ1) is 13.8. The van der Waals surface area contributed by atoms with Gasteiger partial charge in [0.15, 0.2) is 5.78 Å². The summed E-state index contributed by atoms with van der Waals surface area (Å²) in [7, 11) is 0. The highest BCUT2D eigenvalue weighted by Crippen LogP contribution is 2.64. The first-order valence-corrected chi connectivity index (χ1v) is 8.57. The van der Waals surface area contributed by atoms with Crippen molar-refractivity contribution in [2.75, 3.05) is 0 Å². The first-order chi connectivity index (χ1) is 9.95. The number of hydrogen-bond donors (Lipinski definition) is 1. The van der Waals surface area contributed by atoms with Gasteiger partial charge in [0.1, 0.15) is 0 Å². The molecule has 0 spiro atoms. The number of fused-ring (bicyclic) bond motifs is 5. The summed E-state index contributed by atoms with van der Waals surface area (Å²) in [5.41, 5.74) is 1.59. The maximum Gasteiger partial charge on any atom is 0.178 e. The number of aliphatic hydroxyl groups is 1. The van der Waals surface area contributed by atoms with E-state index in [1.165, 1.54) is 24.8 Å². The van der Waals surface area contributed by atoms with Crippen molar-refractivity contribution in [1.29, 1.82) is 0 Å². The Balaban J connectivity index is 1.70. The van der Waals surface area contributed by atoms with Crippen LogP contribution in [0, 0.1) is 28.6 Å². The van der Waals surface area contributed by atoms with Crippen molar-refractivity contribution in [1.82, 2.24) is 0 Å². The number of allylic oxidation sites excluding steroid dienone is 4. The van der Waals surface area contributed by atoms with Crippen LogP contribution in [0.25, 0.3) is 0 Å². The number of hydrogen-bond acceptors (Lipinski definition) is 2. The lowest BCUT2D eigenvalue weighted by Crippen LogP contribution is -2.50. The minimum Gasteiger partial charge on any atom is -0.393 e. The lowest BCUT2D eigenvalue weighted by Gasteiger charge is -2.56. The third kappa shape index (κ3) is 1.72. The van der Waals surface area contributed by atoms with Crippen LogP contribution in [-0.2, 0) is 4.79 Å². The molecule has 2 heteroatoms. The lowest BCUT2D eigenvalue weighted by atomic mass is 9.48. The Bertz CT molecular complexity index is 546. The molecule has 4 rings (SSSR count). The quantitative estimate of drug-likeness (QED) is 0.738. The van der Waals surface area contributed by atoms with Gasteiger partial charge in [-0.15, -0.1) is 0 Å². The molecule has 4 aliphatic rings. The van der Waals surface area contributed by atoms with E-state index >= 15 is 0 Å². The van der Waals surface area contributed by atoms with Crippen molar-refractivity contribution < 1.29 is 9.90 Å². The fourth-order valence-electron chi connectivity index (χ4n) is 6.17. The van der Waals surface area contributed by atoms with Crippen LogP contribution in [0.2, 0.25) is 0 Å². The molecule has 0 aromatic carbocycles. The van der Waals surface area contributed by atoms with Gasteiger partial charge < -0.3 is 5.11 Å². The monoisotopic (exact) mass is 286 g/mol. The number of ketones is 1. The lowest BCUT2D eigenvalue weighted by molar-refractivity contribution is -0.111. The molecular weight excluding hydrogens is 260 g/mol. The predicted molar refractivity (Wildman–Crippen MR) is 82.6 cm³/mol. The van der Waals surface area contributed by atoms with Crippen molar-refractivity contribution in [3.8, 4) is 0 Å². The summed E-state index contributed by atoms with van der Waals surface area (Å²) in [5, 5.41) is 10.4. The normalized spacial score (nSPS) is 52.0. The van der Waals surface area contributed by atoms with Gasteiger partial charge in [-0.3, -0.25) is 4.79 Å². The van der Waals surface area contributed by atoms with Crippen LogP contribution in [0.5, 0.6) is 0 Å². The Morgan fingerprint density at radius 3 is 2.76 bits per heavy atom. The molecule has 114 valence electrons. The van der Waals surface area contributed by atoms with E-state index in [2.05, 4.69) is 19.9 Å². The van der Waals surface area contributed by atoms with Crippen molar-refractivity contribution in [3.63, 3.8) is 0 Å². The first-order valence-electron chi connectivity index (χ1n) is 8.57. The Labute approximate surface area is 127 Å². The van der Waals surface area contributed by atoms with Gasteiger partial charge in [-0.25, -0.2) is 0 Å². The largest absolute Gasteiger partial charge is 0.393 e. The highest BCUT2D eigenvalue weighted by molar-refractivity contribution is 6.01. The maximum absolute atomic E-state index is 11.7. The Morgan fingerprint density at radius 2 is 1.95 bits per heavy atom. The van der Waals surface area contributed by atoms with Crippen LogP contribution in [0.3, 0.4) is 0 Å². The van der Waals surface area contributed by atoms with Gasteiger partial charge in [0.05, 0.1) is 6.10 Å². The topological polar surface area (TPSA) is 37.3 Å². The average Bonchev–Trinajstić information content (AvgIpc) is 2.76. The van der Waals surface area contributed by atoms with Gasteiger partial charge in [0, 0.05) is 5.41 Å². The second-order valence-electron chi connectivity index (χ2n) is 8.24. The van der Waals surface area contributed by atoms with E-state index in [1.54, 1.807) is 6.08 Å². The minimum atomic E-state index is -0.100. The van der Waals surface area contributed by atoms with Gasteiger partial charge >= 0.3 is 0 Å². The van der Waals surface area contributed by atoms with Crippen LogP contribution in [0.15, 0.2) is 23.8 Å². The molecule has 0 aliphatic heterocycles. The molecule has 0 heterocycles. The molecule has 1 N–H and O–H groups in total. The van der Waals surface area contributed by atoms with Crippen molar-refractivity contribution in [2.45, 2.75) is 58.5 Å². The van der Waals surface area contributed by atoms with Crippen LogP contribution in [0.4, 0.5) is 0 Å². The third-order valence-electron chi connectivity index (χ3n) is 7.51. The Morgan fingerprint density at radius 1 is 1.14 bits per heavy atom. The van der Waals surface area contributed by atoms with Gasteiger partial charge in [0.25, 0.3) is 0 Å². The molecular formula is C19H26O2. The summed E-state index contributed by atoms with van der Waals surface area (Å²) in [5.74, 6) is 2.22. The summed E-state index contributed by atoms with van der Waals surface area (Å²) in [4.78, 5) is 11.7. The molecule has 3 saturated carbocycles. The molecule has 2 nitrogen and oxygen atoms in total. The van der Waals surface area contributed by atoms with E-state index in [4.69, 9.17) is 0 Å². The molecule has 21 heavy (non-hydrogen) atoms. The highest BCUT2D eigenvalue weighted by atomic mass is 16.3. The number of carbonyl (C=O) groups excluding carboxylic acids is 1. The second-order valence-corrected chi connectivity index (χ2v) is 8.24. The molecule has 0 aromatic heterocycles. The molecule has 0 saturated heterocycles. The summed E-state index contributed by atoms with van der Waals surface area (Å²) in [6.07, 6.45) is 12.6. The summed E-state index contributed by atoms with van der Waals surface area (Å²) in [6, 6.07) is 0. The smallest absolute Gasteiger partial charge is 0.178 e. The van der Waals surface area contributed by atoms with E-state index in [0.29, 0.717) is 11.8 Å². The fourth-order valence-corrected chi connectivity index (χ4v) is 6.17. The molecule has 0 amide bonds. The zero-order valence-electron chi connectivity index (χ0n) is 13.1. The highest BCUT2D eigenvalue weighted by Gasteiger charge is 2.58. The Hall–Kier alpha value is -0.890. The zero-order valence-corrected chi connectivity index (χ0v) is 13.1. The van der Waals surface area contributed by atoms with E-state index in [0.717, 1.165) is 25.2 Å². The zero-order chi connectivity index (χ0) is 14.8. The van der Waals surface area contributed by atoms with E-state index < -0.39 is 0 Å². The number of carbonyl (C=O) groups is 1. The van der Waals surface area contributed by atoms with Gasteiger partial charge in [-0.2, -0.15) is 0 Å². The van der Waals surface area contributed by atoms with E-state index in [9.17, 15) is 9.90 Å². The number of aliphatic hydroxyl groups excluding tert-OH is 1. The summed E-state index contributed by atoms with van der Waals surface area (Å²) in [6.45, 7) is 4.66. The van der Waals surface area contributed by atoms with Crippen LogP contribution in [0.1, 0.15) is 52.4 Å². The van der Waals surface area contributed by atoms with Gasteiger partial charge in [-0.1, -0.05) is 25.5 Å². The molecule has 6 atom stereocenters. The molecule has 0 bridgehead atoms. The molecule has 1 unspecified atom stereocenters. The third-order valence-corrected chi connectivity index (χ3v) is 7.51. The van der Waals surface area contributed by atoms with Crippen molar-refractivity contribution >= 4 is 5.78 Å². The SMILES string of the molecule is C[C@]12C=CC(=O)C=C1CC[C@@H]1[C@@H]2CC[C@]2(C)C(O)CC[C@@H]12. The van der Waals surface area contributed by atoms with Gasteiger partial charge in [0.2, 0.25) is 0 Å². The predicted octanol–water partition coefficient (Wildman–Crippen LogP) is 3.66. The molecule has 0 radical (unpaired) electrons. The second kappa shape index (κ2) is 4.32.